The van der Waals surface area contributed by atoms with E-state index < -0.39 is 0 Å². The number of nitrogens with zero attached hydrogens (tertiary/aromatic N) is 4. The zero-order valence-corrected chi connectivity index (χ0v) is 24.0. The Morgan fingerprint density at radius 3 is 1.75 bits per heavy atom. The zero-order valence-electron chi connectivity index (χ0n) is 24.0. The van der Waals surface area contributed by atoms with Crippen LogP contribution in [0.1, 0.15) is 86.7 Å². The summed E-state index contributed by atoms with van der Waals surface area (Å²) in [6.45, 7) is 21.0. The first-order valence-corrected chi connectivity index (χ1v) is 13.2. The number of hydrogen-bond acceptors (Lipinski definition) is 4. The molecule has 1 aliphatic heterocycles. The summed E-state index contributed by atoms with van der Waals surface area (Å²) >= 11 is 0. The molecule has 3 aromatic rings. The third kappa shape index (κ3) is 9.14. The fourth-order valence-corrected chi connectivity index (χ4v) is 4.23. The van der Waals surface area contributed by atoms with E-state index in [1.165, 1.54) is 34.4 Å². The Morgan fingerprint density at radius 2 is 1.22 bits per heavy atom. The Bertz CT molecular complexity index is 1130. The average Bonchev–Trinajstić information content (AvgIpc) is 2.78. The molecule has 192 valence electrons. The maximum Gasteiger partial charge on any atom is 0.159 e. The maximum absolute atomic E-state index is 4.65. The van der Waals surface area contributed by atoms with Gasteiger partial charge in [0.25, 0.3) is 0 Å². The number of aliphatic imine (C=N–C) groups is 2. The van der Waals surface area contributed by atoms with Crippen molar-refractivity contribution in [2.75, 3.05) is 0 Å². The van der Waals surface area contributed by atoms with Gasteiger partial charge in [-0.2, -0.15) is 0 Å². The van der Waals surface area contributed by atoms with Crippen molar-refractivity contribution in [1.29, 1.82) is 0 Å². The van der Waals surface area contributed by atoms with Gasteiger partial charge in [-0.15, -0.1) is 0 Å². The van der Waals surface area contributed by atoms with Crippen molar-refractivity contribution in [3.05, 3.63) is 81.7 Å². The SMILES string of the molecule is CCC.CCc1cc(C)cc(C2=NC(C)CC(C)=N2)c1.Cc1cc(C)cc(-c2nc(C)cc(C)n2)c1. The lowest BCUT2D eigenvalue weighted by Gasteiger charge is -2.15. The second-order valence-corrected chi connectivity index (χ2v) is 9.97. The molecule has 0 radical (unpaired) electrons. The first kappa shape index (κ1) is 29.1. The van der Waals surface area contributed by atoms with Crippen molar-refractivity contribution >= 4 is 11.5 Å². The second-order valence-electron chi connectivity index (χ2n) is 9.97. The summed E-state index contributed by atoms with van der Waals surface area (Å²) in [5, 5.41) is 0. The van der Waals surface area contributed by atoms with Crippen molar-refractivity contribution in [2.24, 2.45) is 9.98 Å². The molecule has 0 saturated heterocycles. The van der Waals surface area contributed by atoms with Crippen molar-refractivity contribution in [3.8, 4) is 11.4 Å². The predicted molar refractivity (Wildman–Crippen MR) is 157 cm³/mol. The molecule has 0 bridgehead atoms. The monoisotopic (exact) mass is 484 g/mol. The summed E-state index contributed by atoms with van der Waals surface area (Å²) in [5.41, 5.74) is 10.6. The molecule has 1 atom stereocenters. The van der Waals surface area contributed by atoms with E-state index in [4.69, 9.17) is 0 Å². The van der Waals surface area contributed by atoms with Gasteiger partial charge in [-0.1, -0.05) is 56.0 Å². The molecule has 1 unspecified atom stereocenters. The van der Waals surface area contributed by atoms with E-state index in [0.29, 0.717) is 6.04 Å². The van der Waals surface area contributed by atoms with Crippen LogP contribution in [0, 0.1) is 34.6 Å². The predicted octanol–water partition coefficient (Wildman–Crippen LogP) is 8.35. The van der Waals surface area contributed by atoms with Crippen molar-refractivity contribution in [2.45, 2.75) is 94.5 Å². The summed E-state index contributed by atoms with van der Waals surface area (Å²) in [4.78, 5) is 18.2. The van der Waals surface area contributed by atoms with Crippen LogP contribution in [0.5, 0.6) is 0 Å². The number of aromatic nitrogens is 2. The number of aryl methyl sites for hydroxylation is 6. The van der Waals surface area contributed by atoms with E-state index in [-0.39, 0.29) is 0 Å². The van der Waals surface area contributed by atoms with Gasteiger partial charge in [-0.25, -0.2) is 15.0 Å². The van der Waals surface area contributed by atoms with Crippen LogP contribution in [0.3, 0.4) is 0 Å². The van der Waals surface area contributed by atoms with Gasteiger partial charge in [-0.05, 0) is 90.8 Å². The fraction of sp³-hybridized carbons (Fsp3) is 0.438. The molecule has 0 fully saturated rings. The molecule has 4 heteroatoms. The van der Waals surface area contributed by atoms with Gasteiger partial charge in [0.2, 0.25) is 0 Å². The fourth-order valence-electron chi connectivity index (χ4n) is 4.23. The third-order valence-corrected chi connectivity index (χ3v) is 5.50. The molecule has 36 heavy (non-hydrogen) atoms. The van der Waals surface area contributed by atoms with Gasteiger partial charge >= 0.3 is 0 Å². The smallest absolute Gasteiger partial charge is 0.159 e. The highest BCUT2D eigenvalue weighted by molar-refractivity contribution is 6.08. The Morgan fingerprint density at radius 1 is 0.694 bits per heavy atom. The largest absolute Gasteiger partial charge is 0.263 e. The molecule has 4 nitrogen and oxygen atoms in total. The molecule has 0 N–H and O–H groups in total. The summed E-state index contributed by atoms with van der Waals surface area (Å²) in [6, 6.07) is 15.4. The van der Waals surface area contributed by atoms with Gasteiger partial charge in [0.05, 0.1) is 6.04 Å². The Labute approximate surface area is 219 Å². The summed E-state index contributed by atoms with van der Waals surface area (Å²) in [5.74, 6) is 1.73. The molecule has 0 spiro atoms. The normalized spacial score (nSPS) is 14.6. The Hall–Kier alpha value is -3.14. The van der Waals surface area contributed by atoms with Crippen LogP contribution < -0.4 is 0 Å². The third-order valence-electron chi connectivity index (χ3n) is 5.50. The number of benzene rings is 2. The quantitative estimate of drug-likeness (QED) is 0.375. The van der Waals surface area contributed by atoms with E-state index >= 15 is 0 Å². The number of hydrogen-bond donors (Lipinski definition) is 0. The molecule has 2 aromatic carbocycles. The molecule has 0 amide bonds. The van der Waals surface area contributed by atoms with Crippen LogP contribution in [0.4, 0.5) is 0 Å². The highest BCUT2D eigenvalue weighted by atomic mass is 15.0. The molecule has 1 aromatic heterocycles. The number of amidine groups is 1. The minimum Gasteiger partial charge on any atom is -0.263 e. The van der Waals surface area contributed by atoms with Crippen LogP contribution in [-0.2, 0) is 6.42 Å². The summed E-state index contributed by atoms with van der Waals surface area (Å²) in [6.07, 6.45) is 3.29. The minimum absolute atomic E-state index is 0.355. The van der Waals surface area contributed by atoms with E-state index in [0.717, 1.165) is 47.0 Å². The Kier molecular flexibility index (Phi) is 11.2. The first-order valence-electron chi connectivity index (χ1n) is 13.2. The van der Waals surface area contributed by atoms with E-state index in [1.54, 1.807) is 0 Å². The van der Waals surface area contributed by atoms with Crippen LogP contribution in [0.25, 0.3) is 11.4 Å². The molecule has 0 aliphatic carbocycles. The van der Waals surface area contributed by atoms with Crippen LogP contribution in [0.15, 0.2) is 52.4 Å². The second kappa shape index (κ2) is 13.8. The molecular weight excluding hydrogens is 440 g/mol. The summed E-state index contributed by atoms with van der Waals surface area (Å²) < 4.78 is 0. The average molecular weight is 485 g/mol. The van der Waals surface area contributed by atoms with Crippen LogP contribution >= 0.6 is 0 Å². The highest BCUT2D eigenvalue weighted by Crippen LogP contribution is 2.19. The van der Waals surface area contributed by atoms with Crippen molar-refractivity contribution in [1.82, 2.24) is 9.97 Å². The molecule has 2 heterocycles. The minimum atomic E-state index is 0.355. The van der Waals surface area contributed by atoms with Gasteiger partial charge in [0.1, 0.15) is 0 Å². The standard InChI is InChI=1S/C15H20N2.C14H16N2.C3H8/c1-5-13-6-10(2)7-14(9-13)15-16-11(3)8-12(4)17-15;1-9-5-10(2)7-13(6-9)14-15-11(3)8-12(4)16-14;1-3-2/h6-7,9,11H,5,8H2,1-4H3;5-8H,1-4H3;3H2,1-2H3. The lowest BCUT2D eigenvalue weighted by molar-refractivity contribution is 0.767. The highest BCUT2D eigenvalue weighted by Gasteiger charge is 2.13. The topological polar surface area (TPSA) is 50.5 Å². The molecule has 4 rings (SSSR count). The van der Waals surface area contributed by atoms with Crippen LogP contribution in [-0.4, -0.2) is 27.6 Å². The first-order chi connectivity index (χ1) is 17.0. The maximum atomic E-state index is 4.65. The van der Waals surface area contributed by atoms with E-state index in [2.05, 4.69) is 112 Å². The zero-order chi connectivity index (χ0) is 26.8. The molecular formula is C32H44N4. The van der Waals surface area contributed by atoms with E-state index in [9.17, 15) is 0 Å². The van der Waals surface area contributed by atoms with Crippen molar-refractivity contribution < 1.29 is 0 Å². The van der Waals surface area contributed by atoms with Crippen molar-refractivity contribution in [3.63, 3.8) is 0 Å². The molecule has 1 aliphatic rings. The van der Waals surface area contributed by atoms with Gasteiger partial charge in [0.15, 0.2) is 11.7 Å². The lowest BCUT2D eigenvalue weighted by atomic mass is 10.0. The lowest BCUT2D eigenvalue weighted by Crippen LogP contribution is -2.16. The van der Waals surface area contributed by atoms with Gasteiger partial charge < -0.3 is 0 Å². The van der Waals surface area contributed by atoms with Gasteiger partial charge in [0, 0.05) is 34.6 Å². The van der Waals surface area contributed by atoms with Crippen LogP contribution in [0.2, 0.25) is 0 Å². The number of rotatable bonds is 3. The van der Waals surface area contributed by atoms with E-state index in [1.807, 2.05) is 19.9 Å². The summed E-state index contributed by atoms with van der Waals surface area (Å²) in [7, 11) is 0. The van der Waals surface area contributed by atoms with Gasteiger partial charge in [-0.3, -0.25) is 4.99 Å². The Balaban J connectivity index is 0.000000229. The molecule has 0 saturated carbocycles.